The first-order valence-corrected chi connectivity index (χ1v) is 12.1. The summed E-state index contributed by atoms with van der Waals surface area (Å²) in [4.78, 5) is 14.3. The lowest BCUT2D eigenvalue weighted by Crippen LogP contribution is -2.41. The van der Waals surface area contributed by atoms with E-state index in [4.69, 9.17) is 25.6 Å². The summed E-state index contributed by atoms with van der Waals surface area (Å²) in [6.07, 6.45) is 0.138. The summed E-state index contributed by atoms with van der Waals surface area (Å²) >= 11 is 7.51. The molecule has 2 amide bonds. The normalized spacial score (nSPS) is 12.8. The predicted molar refractivity (Wildman–Crippen MR) is 117 cm³/mol. The first-order valence-electron chi connectivity index (χ1n) is 9.28. The predicted octanol–water partition coefficient (Wildman–Crippen LogP) is 3.51. The monoisotopic (exact) mass is 499 g/mol. The number of nitrogens with one attached hydrogen (secondary N) is 1. The van der Waals surface area contributed by atoms with Crippen LogP contribution in [-0.4, -0.2) is 38.1 Å². The van der Waals surface area contributed by atoms with Crippen LogP contribution in [0.15, 0.2) is 32.3 Å². The van der Waals surface area contributed by atoms with Gasteiger partial charge in [-0.05, 0) is 43.3 Å². The minimum atomic E-state index is -4.17. The molecule has 0 saturated carbocycles. The number of amides is 2. The van der Waals surface area contributed by atoms with Crippen LogP contribution in [0.5, 0.6) is 11.5 Å². The van der Waals surface area contributed by atoms with Gasteiger partial charge in [0.15, 0.2) is 11.5 Å². The maximum atomic E-state index is 13.4. The summed E-state index contributed by atoms with van der Waals surface area (Å²) in [5.74, 6) is 0.650. The van der Waals surface area contributed by atoms with Crippen molar-refractivity contribution >= 4 is 50.6 Å². The Labute approximate surface area is 192 Å². The van der Waals surface area contributed by atoms with Crippen molar-refractivity contribution in [3.05, 3.63) is 44.7 Å². The SMILES string of the molecule is Cc1noc(N(C(=O)NS(=O)(=O)c2ccsc2)c2c(CCO)cc3c(c2C)OCO3)c1Cl. The van der Waals surface area contributed by atoms with Gasteiger partial charge in [-0.15, -0.1) is 0 Å². The highest BCUT2D eigenvalue weighted by Crippen LogP contribution is 2.46. The van der Waals surface area contributed by atoms with E-state index in [-0.39, 0.29) is 41.3 Å². The zero-order valence-electron chi connectivity index (χ0n) is 16.9. The number of carbonyl (C=O) groups is 1. The Hall–Kier alpha value is -2.80. The third-order valence-corrected chi connectivity index (χ3v) is 7.34. The van der Waals surface area contributed by atoms with E-state index in [1.54, 1.807) is 25.3 Å². The fourth-order valence-corrected chi connectivity index (χ4v) is 5.41. The molecule has 32 heavy (non-hydrogen) atoms. The Morgan fingerprint density at radius 1 is 1.38 bits per heavy atom. The second-order valence-electron chi connectivity index (χ2n) is 6.81. The van der Waals surface area contributed by atoms with E-state index in [1.807, 2.05) is 4.72 Å². The number of nitrogens with zero attached hydrogens (tertiary/aromatic N) is 2. The lowest BCUT2D eigenvalue weighted by molar-refractivity contribution is 0.173. The van der Waals surface area contributed by atoms with Gasteiger partial charge in [-0.25, -0.2) is 22.8 Å². The number of fused-ring (bicyclic) bond motifs is 1. The van der Waals surface area contributed by atoms with Gasteiger partial charge < -0.3 is 19.1 Å². The summed E-state index contributed by atoms with van der Waals surface area (Å²) < 4.78 is 43.8. The number of sulfonamides is 1. The fourth-order valence-electron chi connectivity index (χ4n) is 3.29. The number of halogens is 1. The molecule has 0 fully saturated rings. The average Bonchev–Trinajstić information content (AvgIpc) is 3.48. The number of urea groups is 1. The Morgan fingerprint density at radius 2 is 2.16 bits per heavy atom. The van der Waals surface area contributed by atoms with Crippen LogP contribution in [0.4, 0.5) is 16.4 Å². The number of rotatable bonds is 6. The molecule has 4 rings (SSSR count). The number of ether oxygens (including phenoxy) is 2. The van der Waals surface area contributed by atoms with Crippen molar-refractivity contribution in [1.82, 2.24) is 9.88 Å². The average molecular weight is 500 g/mol. The molecule has 0 spiro atoms. The molecule has 13 heteroatoms. The molecule has 0 unspecified atom stereocenters. The molecule has 10 nitrogen and oxygen atoms in total. The number of anilines is 2. The van der Waals surface area contributed by atoms with Gasteiger partial charge in [0.05, 0.1) is 10.6 Å². The van der Waals surface area contributed by atoms with E-state index in [0.29, 0.717) is 28.3 Å². The minimum absolute atomic E-state index is 0.0148. The summed E-state index contributed by atoms with van der Waals surface area (Å²) in [6, 6.07) is 1.95. The highest BCUT2D eigenvalue weighted by Gasteiger charge is 2.34. The molecule has 170 valence electrons. The number of aryl methyl sites for hydroxylation is 1. The minimum Gasteiger partial charge on any atom is -0.454 e. The number of hydrogen-bond donors (Lipinski definition) is 2. The fraction of sp³-hybridized carbons (Fsp3) is 0.263. The molecule has 1 aliphatic rings. The van der Waals surface area contributed by atoms with E-state index < -0.39 is 16.1 Å². The van der Waals surface area contributed by atoms with E-state index in [2.05, 4.69) is 5.16 Å². The third-order valence-electron chi connectivity index (χ3n) is 4.76. The quantitative estimate of drug-likeness (QED) is 0.526. The second kappa shape index (κ2) is 8.62. The summed E-state index contributed by atoms with van der Waals surface area (Å²) in [7, 11) is -4.17. The maximum Gasteiger partial charge on any atom is 0.342 e. The van der Waals surface area contributed by atoms with Gasteiger partial charge in [-0.1, -0.05) is 16.8 Å². The highest BCUT2D eigenvalue weighted by molar-refractivity contribution is 7.90. The van der Waals surface area contributed by atoms with Crippen LogP contribution in [-0.2, 0) is 16.4 Å². The van der Waals surface area contributed by atoms with E-state index in [9.17, 15) is 18.3 Å². The lowest BCUT2D eigenvalue weighted by atomic mass is 10.0. The number of aromatic nitrogens is 1. The molecule has 3 aromatic rings. The first kappa shape index (κ1) is 22.4. The van der Waals surface area contributed by atoms with Crippen molar-refractivity contribution in [1.29, 1.82) is 0 Å². The van der Waals surface area contributed by atoms with Crippen LogP contribution in [0, 0.1) is 13.8 Å². The van der Waals surface area contributed by atoms with Crippen molar-refractivity contribution in [3.8, 4) is 11.5 Å². The standard InChI is InChI=1S/C19H18ClN3O7S2/c1-10-16(12(3-5-24)7-14-17(10)29-9-28-14)23(18-15(20)11(2)21-30-18)19(25)22-32(26,27)13-4-6-31-8-13/h4,6-8,24H,3,5,9H2,1-2H3,(H,22,25). The number of aliphatic hydroxyl groups excluding tert-OH is 1. The molecule has 0 aliphatic carbocycles. The number of benzene rings is 1. The number of aliphatic hydroxyl groups is 1. The molecule has 0 radical (unpaired) electrons. The van der Waals surface area contributed by atoms with Gasteiger partial charge >= 0.3 is 6.03 Å². The van der Waals surface area contributed by atoms with Crippen molar-refractivity contribution in [2.75, 3.05) is 18.3 Å². The number of carbonyl (C=O) groups excluding carboxylic acids is 1. The van der Waals surface area contributed by atoms with Crippen molar-refractivity contribution < 1.29 is 32.3 Å². The van der Waals surface area contributed by atoms with Crippen molar-refractivity contribution in [2.45, 2.75) is 25.2 Å². The summed E-state index contributed by atoms with van der Waals surface area (Å²) in [5.41, 5.74) is 1.50. The van der Waals surface area contributed by atoms with Gasteiger partial charge in [0.25, 0.3) is 15.9 Å². The van der Waals surface area contributed by atoms with Crippen molar-refractivity contribution in [3.63, 3.8) is 0 Å². The molecule has 0 saturated heterocycles. The zero-order valence-corrected chi connectivity index (χ0v) is 19.3. The van der Waals surface area contributed by atoms with E-state index in [0.717, 1.165) is 4.90 Å². The van der Waals surface area contributed by atoms with Crippen LogP contribution in [0.25, 0.3) is 0 Å². The van der Waals surface area contributed by atoms with Crippen LogP contribution in [0.3, 0.4) is 0 Å². The van der Waals surface area contributed by atoms with E-state index in [1.165, 1.54) is 22.8 Å². The largest absolute Gasteiger partial charge is 0.454 e. The molecule has 1 aromatic carbocycles. The van der Waals surface area contributed by atoms with Gasteiger partial charge in [0, 0.05) is 17.6 Å². The lowest BCUT2D eigenvalue weighted by Gasteiger charge is -2.25. The Morgan fingerprint density at radius 3 is 2.78 bits per heavy atom. The van der Waals surface area contributed by atoms with Crippen LogP contribution < -0.4 is 19.1 Å². The summed E-state index contributed by atoms with van der Waals surface area (Å²) in [6.45, 7) is 3.00. The third kappa shape index (κ3) is 3.90. The van der Waals surface area contributed by atoms with Crippen molar-refractivity contribution in [2.24, 2.45) is 0 Å². The molecule has 1 aliphatic heterocycles. The molecule has 2 aromatic heterocycles. The highest BCUT2D eigenvalue weighted by atomic mass is 35.5. The second-order valence-corrected chi connectivity index (χ2v) is 9.65. The van der Waals surface area contributed by atoms with Gasteiger partial charge in [-0.2, -0.15) is 11.3 Å². The Kier molecular flexibility index (Phi) is 6.03. The maximum absolute atomic E-state index is 13.4. The number of thiophene rings is 1. The van der Waals surface area contributed by atoms with E-state index >= 15 is 0 Å². The number of hydrogen-bond acceptors (Lipinski definition) is 9. The summed E-state index contributed by atoms with van der Waals surface area (Å²) in [5, 5.41) is 16.4. The van der Waals surface area contributed by atoms with Crippen LogP contribution in [0.2, 0.25) is 5.02 Å². The van der Waals surface area contributed by atoms with Crippen LogP contribution >= 0.6 is 22.9 Å². The smallest absolute Gasteiger partial charge is 0.342 e. The van der Waals surface area contributed by atoms with Gasteiger partial charge in [0.1, 0.15) is 10.7 Å². The Bertz CT molecular complexity index is 1270. The van der Waals surface area contributed by atoms with Gasteiger partial charge in [0.2, 0.25) is 6.79 Å². The molecule has 0 atom stereocenters. The molecular weight excluding hydrogens is 482 g/mol. The Balaban J connectivity index is 1.88. The topological polar surface area (TPSA) is 131 Å². The molecule has 2 N–H and O–H groups in total. The van der Waals surface area contributed by atoms with Crippen LogP contribution in [0.1, 0.15) is 16.8 Å². The first-order chi connectivity index (χ1) is 15.2. The molecule has 3 heterocycles. The zero-order chi connectivity index (χ0) is 23.0. The van der Waals surface area contributed by atoms with Gasteiger partial charge in [-0.3, -0.25) is 0 Å². The molecule has 0 bridgehead atoms. The molecular formula is C19H18ClN3O7S2.